The lowest BCUT2D eigenvalue weighted by Gasteiger charge is -2.37. The number of hydrogen-bond acceptors (Lipinski definition) is 6. The fourth-order valence-corrected chi connectivity index (χ4v) is 5.98. The summed E-state index contributed by atoms with van der Waals surface area (Å²) >= 11 is 1.49. The van der Waals surface area contributed by atoms with Gasteiger partial charge in [-0.05, 0) is 55.6 Å². The normalized spacial score (nSPS) is 18.5. The maximum Gasteiger partial charge on any atom is 0.253 e. The smallest absolute Gasteiger partial charge is 0.253 e. The summed E-state index contributed by atoms with van der Waals surface area (Å²) in [5.74, 6) is 0.0511. The van der Waals surface area contributed by atoms with E-state index in [0.717, 1.165) is 31.1 Å². The molecule has 33 heavy (non-hydrogen) atoms. The molecule has 2 saturated heterocycles. The van der Waals surface area contributed by atoms with Gasteiger partial charge in [-0.2, -0.15) is 0 Å². The molecule has 0 unspecified atom stereocenters. The van der Waals surface area contributed by atoms with E-state index >= 15 is 0 Å². The first-order chi connectivity index (χ1) is 15.8. The topological polar surface area (TPSA) is 90.0 Å². The number of nitrogens with one attached hydrogen (secondary N) is 1. The Labute approximate surface area is 199 Å². The van der Waals surface area contributed by atoms with Crippen LogP contribution in [0.25, 0.3) is 0 Å². The molecule has 0 saturated carbocycles. The van der Waals surface area contributed by atoms with Crippen LogP contribution in [0.4, 0.5) is 0 Å². The maximum absolute atomic E-state index is 12.9. The average Bonchev–Trinajstić information content (AvgIpc) is 3.37. The quantitative estimate of drug-likeness (QED) is 0.668. The minimum absolute atomic E-state index is 0.0283. The summed E-state index contributed by atoms with van der Waals surface area (Å²) in [6, 6.07) is 9.80. The fourth-order valence-electron chi connectivity index (χ4n) is 4.24. The van der Waals surface area contributed by atoms with Crippen LogP contribution in [0.15, 0.2) is 46.7 Å². The number of thiophene rings is 1. The summed E-state index contributed by atoms with van der Waals surface area (Å²) in [4.78, 5) is 32.7. The molecule has 178 valence electrons. The molecule has 2 aliphatic heterocycles. The van der Waals surface area contributed by atoms with Crippen LogP contribution in [-0.4, -0.2) is 81.2 Å². The van der Waals surface area contributed by atoms with E-state index < -0.39 is 10.0 Å². The number of amides is 2. The van der Waals surface area contributed by atoms with Crippen molar-refractivity contribution in [2.75, 3.05) is 46.3 Å². The van der Waals surface area contributed by atoms with Crippen LogP contribution in [-0.2, 0) is 21.4 Å². The van der Waals surface area contributed by atoms with Crippen molar-refractivity contribution in [3.8, 4) is 0 Å². The van der Waals surface area contributed by atoms with E-state index in [0.29, 0.717) is 31.5 Å². The molecule has 0 aliphatic carbocycles. The van der Waals surface area contributed by atoms with Crippen molar-refractivity contribution in [2.45, 2.75) is 24.3 Å². The lowest BCUT2D eigenvalue weighted by molar-refractivity contribution is -0.138. The first kappa shape index (κ1) is 23.9. The molecule has 2 amide bonds. The minimum atomic E-state index is -3.65. The van der Waals surface area contributed by atoms with Crippen LogP contribution in [0.1, 0.15) is 28.1 Å². The third-order valence-corrected chi connectivity index (χ3v) is 8.67. The number of carbonyl (C=O) groups is 2. The Balaban J connectivity index is 1.30. The number of piperidine rings is 1. The molecule has 3 heterocycles. The third kappa shape index (κ3) is 5.81. The van der Waals surface area contributed by atoms with Gasteiger partial charge in [0.25, 0.3) is 5.91 Å². The summed E-state index contributed by atoms with van der Waals surface area (Å²) in [6.07, 6.45) is 1.33. The van der Waals surface area contributed by atoms with Gasteiger partial charge < -0.3 is 14.7 Å². The standard InChI is InChI=1S/C23H30N4O4S2/c1-25-12-14-27(15-13-25)23(29)19-8-10-26(11-9-19)22(28)18-4-6-21(7-5-18)33(30,31)24-17-20-3-2-16-32-20/h2-7,16,19,24H,8-15,17H2,1H3. The van der Waals surface area contributed by atoms with Crippen molar-refractivity contribution >= 4 is 33.2 Å². The molecule has 4 rings (SSSR count). The summed E-state index contributed by atoms with van der Waals surface area (Å²) in [7, 11) is -1.58. The van der Waals surface area contributed by atoms with Crippen molar-refractivity contribution in [3.05, 3.63) is 52.2 Å². The van der Waals surface area contributed by atoms with Gasteiger partial charge in [0.2, 0.25) is 15.9 Å². The molecule has 0 atom stereocenters. The van der Waals surface area contributed by atoms with Crippen LogP contribution < -0.4 is 4.72 Å². The lowest BCUT2D eigenvalue weighted by atomic mass is 9.94. The molecule has 1 aromatic carbocycles. The van der Waals surface area contributed by atoms with Gasteiger partial charge in [-0.3, -0.25) is 9.59 Å². The van der Waals surface area contributed by atoms with E-state index in [1.54, 1.807) is 17.0 Å². The minimum Gasteiger partial charge on any atom is -0.340 e. The molecule has 0 spiro atoms. The van der Waals surface area contributed by atoms with Crippen LogP contribution in [0.3, 0.4) is 0 Å². The number of carbonyl (C=O) groups excluding carboxylic acids is 2. The SMILES string of the molecule is CN1CCN(C(=O)C2CCN(C(=O)c3ccc(S(=O)(=O)NCc4cccs4)cc3)CC2)CC1. The van der Waals surface area contributed by atoms with Crippen LogP contribution in [0.5, 0.6) is 0 Å². The highest BCUT2D eigenvalue weighted by atomic mass is 32.2. The van der Waals surface area contributed by atoms with E-state index in [4.69, 9.17) is 0 Å². The van der Waals surface area contributed by atoms with Gasteiger partial charge in [-0.1, -0.05) is 6.07 Å². The van der Waals surface area contributed by atoms with E-state index in [1.807, 2.05) is 22.4 Å². The first-order valence-corrected chi connectivity index (χ1v) is 13.6. The number of benzene rings is 1. The number of piperazine rings is 1. The van der Waals surface area contributed by atoms with E-state index in [1.165, 1.54) is 23.5 Å². The van der Waals surface area contributed by atoms with E-state index in [9.17, 15) is 18.0 Å². The Morgan fingerprint density at radius 1 is 0.970 bits per heavy atom. The van der Waals surface area contributed by atoms with Gasteiger partial charge in [-0.25, -0.2) is 13.1 Å². The maximum atomic E-state index is 12.9. The summed E-state index contributed by atoms with van der Waals surface area (Å²) in [6.45, 7) is 4.65. The number of sulfonamides is 1. The lowest BCUT2D eigenvalue weighted by Crippen LogP contribution is -2.51. The summed E-state index contributed by atoms with van der Waals surface area (Å²) in [5.41, 5.74) is 0.455. The molecular formula is C23H30N4O4S2. The largest absolute Gasteiger partial charge is 0.340 e. The zero-order valence-corrected chi connectivity index (χ0v) is 20.4. The van der Waals surface area contributed by atoms with Gasteiger partial charge in [0, 0.05) is 62.2 Å². The summed E-state index contributed by atoms with van der Waals surface area (Å²) < 4.78 is 27.6. The van der Waals surface area contributed by atoms with Crippen molar-refractivity contribution in [1.29, 1.82) is 0 Å². The van der Waals surface area contributed by atoms with Gasteiger partial charge >= 0.3 is 0 Å². The molecule has 10 heteroatoms. The predicted octanol–water partition coefficient (Wildman–Crippen LogP) is 1.85. The average molecular weight is 491 g/mol. The molecule has 1 aromatic heterocycles. The third-order valence-electron chi connectivity index (χ3n) is 6.37. The molecular weight excluding hydrogens is 460 g/mol. The zero-order valence-electron chi connectivity index (χ0n) is 18.8. The van der Waals surface area contributed by atoms with Gasteiger partial charge in [0.1, 0.15) is 0 Å². The second-order valence-corrected chi connectivity index (χ2v) is 11.4. The molecule has 0 bridgehead atoms. The monoisotopic (exact) mass is 490 g/mol. The van der Waals surface area contributed by atoms with Gasteiger partial charge in [0.05, 0.1) is 4.90 Å². The molecule has 2 aliphatic rings. The molecule has 2 aromatic rings. The Bertz CT molecular complexity index is 1050. The molecule has 1 N–H and O–H groups in total. The number of hydrogen-bond donors (Lipinski definition) is 1. The van der Waals surface area contributed by atoms with Crippen molar-refractivity contribution < 1.29 is 18.0 Å². The van der Waals surface area contributed by atoms with Crippen molar-refractivity contribution in [2.24, 2.45) is 5.92 Å². The fraction of sp³-hybridized carbons (Fsp3) is 0.478. The molecule has 2 fully saturated rings. The highest BCUT2D eigenvalue weighted by Crippen LogP contribution is 2.22. The van der Waals surface area contributed by atoms with E-state index in [-0.39, 0.29) is 29.2 Å². The Hall–Kier alpha value is -2.27. The highest BCUT2D eigenvalue weighted by molar-refractivity contribution is 7.89. The second kappa shape index (κ2) is 10.3. The molecule has 8 nitrogen and oxygen atoms in total. The summed E-state index contributed by atoms with van der Waals surface area (Å²) in [5, 5.41) is 1.90. The molecule has 0 radical (unpaired) electrons. The Morgan fingerprint density at radius 3 is 2.24 bits per heavy atom. The van der Waals surface area contributed by atoms with Gasteiger partial charge in [-0.15, -0.1) is 11.3 Å². The van der Waals surface area contributed by atoms with Crippen LogP contribution in [0, 0.1) is 5.92 Å². The van der Waals surface area contributed by atoms with Crippen LogP contribution in [0.2, 0.25) is 0 Å². The number of nitrogens with zero attached hydrogens (tertiary/aromatic N) is 3. The van der Waals surface area contributed by atoms with Crippen molar-refractivity contribution in [1.82, 2.24) is 19.4 Å². The van der Waals surface area contributed by atoms with Crippen LogP contribution >= 0.6 is 11.3 Å². The number of likely N-dealkylation sites (N-methyl/N-ethyl adjacent to an activating group) is 1. The Morgan fingerprint density at radius 2 is 1.64 bits per heavy atom. The zero-order chi connectivity index (χ0) is 23.4. The Kier molecular flexibility index (Phi) is 7.48. The van der Waals surface area contributed by atoms with Gasteiger partial charge in [0.15, 0.2) is 0 Å². The highest BCUT2D eigenvalue weighted by Gasteiger charge is 2.31. The van der Waals surface area contributed by atoms with Crippen molar-refractivity contribution in [3.63, 3.8) is 0 Å². The second-order valence-electron chi connectivity index (χ2n) is 8.62. The number of rotatable bonds is 6. The predicted molar refractivity (Wildman–Crippen MR) is 127 cm³/mol. The first-order valence-electron chi connectivity index (χ1n) is 11.2. The van der Waals surface area contributed by atoms with E-state index in [2.05, 4.69) is 16.7 Å². The number of likely N-dealkylation sites (tertiary alicyclic amines) is 1.